The molecule has 6 nitrogen and oxygen atoms in total. The van der Waals surface area contributed by atoms with Crippen LogP contribution >= 0.6 is 22.9 Å². The van der Waals surface area contributed by atoms with E-state index >= 15 is 0 Å². The van der Waals surface area contributed by atoms with Crippen LogP contribution in [0.1, 0.15) is 15.9 Å². The predicted octanol–water partition coefficient (Wildman–Crippen LogP) is 4.19. The first-order chi connectivity index (χ1) is 13.5. The predicted molar refractivity (Wildman–Crippen MR) is 107 cm³/mol. The molecule has 8 heteroatoms. The molecule has 1 atom stereocenters. The Balaban J connectivity index is 1.48. The van der Waals surface area contributed by atoms with Crippen molar-refractivity contribution in [2.45, 2.75) is 12.5 Å². The molecule has 142 valence electrons. The van der Waals surface area contributed by atoms with E-state index in [-0.39, 0.29) is 0 Å². The van der Waals surface area contributed by atoms with Crippen LogP contribution in [0.5, 0.6) is 5.75 Å². The average molecular weight is 415 g/mol. The summed E-state index contributed by atoms with van der Waals surface area (Å²) in [5, 5.41) is 5.44. The minimum absolute atomic E-state index is 0.333. The molecule has 1 aliphatic rings. The molecule has 1 unspecified atom stereocenters. The molecule has 4 rings (SSSR count). The normalized spacial score (nSPS) is 15.5. The molecule has 0 bridgehead atoms. The fourth-order valence-electron chi connectivity index (χ4n) is 2.95. The van der Waals surface area contributed by atoms with E-state index in [1.807, 2.05) is 23.6 Å². The molecule has 1 aliphatic heterocycles. The number of amides is 1. The summed E-state index contributed by atoms with van der Waals surface area (Å²) < 4.78 is 10.4. The summed E-state index contributed by atoms with van der Waals surface area (Å²) in [6.45, 7) is 0. The van der Waals surface area contributed by atoms with Crippen LogP contribution in [0, 0.1) is 0 Å². The van der Waals surface area contributed by atoms with Crippen molar-refractivity contribution in [1.82, 2.24) is 4.98 Å². The maximum Gasteiger partial charge on any atom is 0.339 e. The van der Waals surface area contributed by atoms with Gasteiger partial charge in [0.25, 0.3) is 5.91 Å². The highest BCUT2D eigenvalue weighted by Gasteiger charge is 2.31. The minimum atomic E-state index is -0.884. The van der Waals surface area contributed by atoms with Crippen molar-refractivity contribution in [3.63, 3.8) is 0 Å². The van der Waals surface area contributed by atoms with E-state index in [1.54, 1.807) is 31.4 Å². The number of ether oxygens (including phenoxy) is 2. The summed E-state index contributed by atoms with van der Waals surface area (Å²) in [4.78, 5) is 29.1. The fourth-order valence-corrected chi connectivity index (χ4v) is 3.93. The molecule has 1 aromatic heterocycles. The van der Waals surface area contributed by atoms with Crippen LogP contribution in [0.2, 0.25) is 5.02 Å². The number of nitrogens with zero attached hydrogens (tertiary/aromatic N) is 1. The number of nitrogens with one attached hydrogen (secondary N) is 1. The molecule has 0 aliphatic carbocycles. The summed E-state index contributed by atoms with van der Waals surface area (Å²) in [5.41, 5.74) is 2.78. The number of anilines is 1. The second kappa shape index (κ2) is 7.61. The number of benzene rings is 2. The van der Waals surface area contributed by atoms with Crippen LogP contribution < -0.4 is 10.1 Å². The Morgan fingerprint density at radius 2 is 2.14 bits per heavy atom. The fraction of sp³-hybridized carbons (Fsp3) is 0.150. The zero-order chi connectivity index (χ0) is 19.7. The van der Waals surface area contributed by atoms with Gasteiger partial charge in [-0.2, -0.15) is 0 Å². The van der Waals surface area contributed by atoms with Crippen LogP contribution in [0.25, 0.3) is 11.3 Å². The minimum Gasteiger partial charge on any atom is -0.495 e. The molecular formula is C20H15ClN2O4S. The van der Waals surface area contributed by atoms with Crippen LogP contribution in [-0.4, -0.2) is 30.1 Å². The zero-order valence-electron chi connectivity index (χ0n) is 14.8. The van der Waals surface area contributed by atoms with Gasteiger partial charge < -0.3 is 9.47 Å². The number of esters is 1. The molecular weight excluding hydrogens is 400 g/mol. The van der Waals surface area contributed by atoms with Gasteiger partial charge in [-0.15, -0.1) is 11.3 Å². The first-order valence-electron chi connectivity index (χ1n) is 8.44. The first kappa shape index (κ1) is 18.5. The Labute approximate surface area is 170 Å². The lowest BCUT2D eigenvalue weighted by atomic mass is 9.98. The molecule has 28 heavy (non-hydrogen) atoms. The van der Waals surface area contributed by atoms with E-state index in [1.165, 1.54) is 11.3 Å². The van der Waals surface area contributed by atoms with Gasteiger partial charge in [-0.1, -0.05) is 29.8 Å². The Kier molecular flexibility index (Phi) is 5.02. The van der Waals surface area contributed by atoms with Gasteiger partial charge in [-0.25, -0.2) is 9.78 Å². The van der Waals surface area contributed by atoms with Crippen molar-refractivity contribution in [1.29, 1.82) is 0 Å². The number of thiazole rings is 1. The van der Waals surface area contributed by atoms with Gasteiger partial charge in [-0.3, -0.25) is 10.1 Å². The average Bonchev–Trinajstić information content (AvgIpc) is 3.16. The monoisotopic (exact) mass is 414 g/mol. The molecule has 0 saturated heterocycles. The highest BCUT2D eigenvalue weighted by atomic mass is 35.5. The zero-order valence-corrected chi connectivity index (χ0v) is 16.3. The number of fused-ring (bicyclic) bond motifs is 1. The van der Waals surface area contributed by atoms with E-state index in [4.69, 9.17) is 21.1 Å². The number of methoxy groups -OCH3 is 1. The van der Waals surface area contributed by atoms with Crippen molar-refractivity contribution in [2.75, 3.05) is 12.4 Å². The number of aromatic nitrogens is 1. The van der Waals surface area contributed by atoms with E-state index < -0.39 is 18.0 Å². The molecule has 0 fully saturated rings. The Morgan fingerprint density at radius 1 is 1.32 bits per heavy atom. The second-order valence-corrected chi connectivity index (χ2v) is 7.40. The lowest BCUT2D eigenvalue weighted by Gasteiger charge is -2.23. The van der Waals surface area contributed by atoms with E-state index in [0.717, 1.165) is 11.1 Å². The van der Waals surface area contributed by atoms with Gasteiger partial charge in [-0.05, 0) is 29.8 Å². The summed E-state index contributed by atoms with van der Waals surface area (Å²) in [6, 6.07) is 12.5. The largest absolute Gasteiger partial charge is 0.495 e. The lowest BCUT2D eigenvalue weighted by Crippen LogP contribution is -2.37. The molecule has 0 radical (unpaired) electrons. The van der Waals surface area contributed by atoms with Crippen LogP contribution in [-0.2, 0) is 16.0 Å². The summed E-state index contributed by atoms with van der Waals surface area (Å²) >= 11 is 7.44. The summed E-state index contributed by atoms with van der Waals surface area (Å²) in [6.07, 6.45) is -0.551. The van der Waals surface area contributed by atoms with Crippen LogP contribution in [0.15, 0.2) is 47.8 Å². The van der Waals surface area contributed by atoms with Crippen molar-refractivity contribution < 1.29 is 19.1 Å². The summed E-state index contributed by atoms with van der Waals surface area (Å²) in [5.74, 6) is -0.320. The third kappa shape index (κ3) is 3.58. The molecule has 2 aromatic carbocycles. The van der Waals surface area contributed by atoms with Gasteiger partial charge in [0.15, 0.2) is 11.2 Å². The summed E-state index contributed by atoms with van der Waals surface area (Å²) in [7, 11) is 1.55. The van der Waals surface area contributed by atoms with Gasteiger partial charge >= 0.3 is 5.97 Å². The van der Waals surface area contributed by atoms with E-state index in [2.05, 4.69) is 10.3 Å². The molecule has 0 spiro atoms. The van der Waals surface area contributed by atoms with Crippen LogP contribution in [0.4, 0.5) is 5.13 Å². The smallest absolute Gasteiger partial charge is 0.339 e. The Hall–Kier alpha value is -2.90. The number of cyclic esters (lactones) is 1. The number of hydrogen-bond acceptors (Lipinski definition) is 6. The maximum atomic E-state index is 12.5. The van der Waals surface area contributed by atoms with Crippen molar-refractivity contribution >= 4 is 39.9 Å². The Bertz CT molecular complexity index is 1070. The third-order valence-corrected chi connectivity index (χ3v) is 5.42. The molecule has 0 saturated carbocycles. The highest BCUT2D eigenvalue weighted by Crippen LogP contribution is 2.32. The quantitative estimate of drug-likeness (QED) is 0.647. The molecule has 3 aromatic rings. The number of halogens is 1. The molecule has 1 amide bonds. The van der Waals surface area contributed by atoms with Crippen molar-refractivity contribution in [3.8, 4) is 17.0 Å². The number of hydrogen-bond donors (Lipinski definition) is 1. The van der Waals surface area contributed by atoms with Gasteiger partial charge in [0.1, 0.15) is 5.75 Å². The molecule has 1 N–H and O–H groups in total. The van der Waals surface area contributed by atoms with Gasteiger partial charge in [0.05, 0.1) is 23.4 Å². The molecule has 2 heterocycles. The highest BCUT2D eigenvalue weighted by molar-refractivity contribution is 7.14. The number of carbonyl (C=O) groups excluding carboxylic acids is 2. The first-order valence-corrected chi connectivity index (χ1v) is 9.70. The third-order valence-electron chi connectivity index (χ3n) is 4.37. The lowest BCUT2D eigenvalue weighted by molar-refractivity contribution is -0.125. The van der Waals surface area contributed by atoms with Gasteiger partial charge in [0.2, 0.25) is 0 Å². The standard InChI is InChI=1S/C20H15ClN2O4S/c1-26-16-7-6-12(8-14(16)21)15-10-28-20(22-15)23-18(24)17-9-11-4-2-3-5-13(11)19(25)27-17/h2-8,10,17H,9H2,1H3,(H,22,23,24). The van der Waals surface area contributed by atoms with Crippen molar-refractivity contribution in [3.05, 3.63) is 64.0 Å². The van der Waals surface area contributed by atoms with Crippen LogP contribution in [0.3, 0.4) is 0 Å². The SMILES string of the molecule is COc1ccc(-c2csc(NC(=O)C3Cc4ccccc4C(=O)O3)n2)cc1Cl. The topological polar surface area (TPSA) is 77.5 Å². The van der Waals surface area contributed by atoms with E-state index in [0.29, 0.717) is 33.6 Å². The number of carbonyl (C=O) groups is 2. The maximum absolute atomic E-state index is 12.5. The van der Waals surface area contributed by atoms with Gasteiger partial charge in [0, 0.05) is 17.4 Å². The van der Waals surface area contributed by atoms with E-state index in [9.17, 15) is 9.59 Å². The number of rotatable bonds is 4. The Morgan fingerprint density at radius 3 is 2.93 bits per heavy atom. The second-order valence-electron chi connectivity index (χ2n) is 6.13. The van der Waals surface area contributed by atoms with Crippen molar-refractivity contribution in [2.24, 2.45) is 0 Å².